The van der Waals surface area contributed by atoms with Gasteiger partial charge in [-0.15, -0.1) is 0 Å². The Morgan fingerprint density at radius 1 is 0.923 bits per heavy atom. The monoisotopic (exact) mass is 353 g/mol. The van der Waals surface area contributed by atoms with E-state index in [-0.39, 0.29) is 23.9 Å². The molecular weight excluding hydrogens is 326 g/mol. The number of carbonyl (C=O) groups excluding carboxylic acids is 2. The van der Waals surface area contributed by atoms with E-state index in [0.717, 1.165) is 10.8 Å². The maximum absolute atomic E-state index is 12.5. The molecule has 0 saturated carbocycles. The molecule has 0 aliphatic heterocycles. The molecule has 0 saturated heterocycles. The number of fused-ring (bicyclic) bond motifs is 1. The summed E-state index contributed by atoms with van der Waals surface area (Å²) in [5.74, 6) is -0.328. The van der Waals surface area contributed by atoms with Crippen molar-refractivity contribution < 1.29 is 9.59 Å². The smallest absolute Gasteiger partial charge is 0.270 e. The van der Waals surface area contributed by atoms with Crippen LogP contribution in [0, 0.1) is 0 Å². The van der Waals surface area contributed by atoms with Gasteiger partial charge in [-0.1, -0.05) is 36.4 Å². The summed E-state index contributed by atoms with van der Waals surface area (Å²) in [6.07, 6.45) is 1.50. The van der Waals surface area contributed by atoms with Crippen LogP contribution in [0.1, 0.15) is 45.0 Å². The second kappa shape index (κ2) is 8.52. The first kappa shape index (κ1) is 19.5. The molecule has 0 radical (unpaired) electrons. The van der Waals surface area contributed by atoms with Gasteiger partial charge in [0.15, 0.2) is 0 Å². The molecule has 0 aliphatic carbocycles. The van der Waals surface area contributed by atoms with E-state index in [0.29, 0.717) is 11.3 Å². The third-order valence-corrected chi connectivity index (χ3v) is 4.11. The van der Waals surface area contributed by atoms with E-state index in [1.54, 1.807) is 17.9 Å². The topological polar surface area (TPSA) is 61.4 Å². The first-order valence-electron chi connectivity index (χ1n) is 8.86. The summed E-state index contributed by atoms with van der Waals surface area (Å²) < 4.78 is 0. The van der Waals surface area contributed by atoms with Crippen molar-refractivity contribution in [2.75, 3.05) is 0 Å². The largest absolute Gasteiger partial charge is 0.334 e. The van der Waals surface area contributed by atoms with Crippen LogP contribution in [0.2, 0.25) is 0 Å². The van der Waals surface area contributed by atoms with Crippen molar-refractivity contribution in [3.05, 3.63) is 59.8 Å². The molecule has 5 nitrogen and oxygen atoms in total. The fourth-order valence-electron chi connectivity index (χ4n) is 3.05. The van der Waals surface area contributed by atoms with Crippen LogP contribution in [0.3, 0.4) is 0 Å². The van der Waals surface area contributed by atoms with Crippen LogP contribution in [0.5, 0.6) is 0 Å². The standard InChI is InChI=1S/C21H27N3O2/c1-14(2)24(15(3)4)20(25)13-16(5)22-23-21(26)19-12-8-10-17-9-6-7-11-18(17)19/h6-15,22H,1-5H3,(H,23,26). The van der Waals surface area contributed by atoms with Gasteiger partial charge in [-0.2, -0.15) is 0 Å². The van der Waals surface area contributed by atoms with Crippen molar-refractivity contribution in [3.63, 3.8) is 0 Å². The Labute approximate surface area is 155 Å². The highest BCUT2D eigenvalue weighted by molar-refractivity contribution is 6.06. The zero-order valence-corrected chi connectivity index (χ0v) is 16.0. The van der Waals surface area contributed by atoms with Gasteiger partial charge in [0.25, 0.3) is 5.91 Å². The van der Waals surface area contributed by atoms with Crippen LogP contribution in [0.4, 0.5) is 0 Å². The lowest BCUT2D eigenvalue weighted by atomic mass is 10.0. The number of hydrogen-bond donors (Lipinski definition) is 2. The molecule has 2 amide bonds. The molecule has 0 unspecified atom stereocenters. The van der Waals surface area contributed by atoms with Gasteiger partial charge in [0.1, 0.15) is 0 Å². The number of nitrogens with zero attached hydrogens (tertiary/aromatic N) is 1. The van der Waals surface area contributed by atoms with Gasteiger partial charge < -0.3 is 10.3 Å². The SMILES string of the molecule is CC(=CC(=O)N(C(C)C)C(C)C)NNC(=O)c1cccc2ccccc12. The fraction of sp³-hybridized carbons (Fsp3) is 0.333. The molecule has 0 aliphatic rings. The van der Waals surface area contributed by atoms with E-state index in [9.17, 15) is 9.59 Å². The second-order valence-corrected chi connectivity index (χ2v) is 6.87. The van der Waals surface area contributed by atoms with Crippen molar-refractivity contribution in [3.8, 4) is 0 Å². The highest BCUT2D eigenvalue weighted by Gasteiger charge is 2.18. The second-order valence-electron chi connectivity index (χ2n) is 6.87. The summed E-state index contributed by atoms with van der Waals surface area (Å²) in [6, 6.07) is 13.5. The molecule has 5 heteroatoms. The number of benzene rings is 2. The Hall–Kier alpha value is -2.82. The van der Waals surface area contributed by atoms with Crippen LogP contribution in [-0.2, 0) is 4.79 Å². The molecule has 2 aromatic carbocycles. The highest BCUT2D eigenvalue weighted by Crippen LogP contribution is 2.18. The molecule has 0 fully saturated rings. The van der Waals surface area contributed by atoms with Gasteiger partial charge in [0.2, 0.25) is 5.91 Å². The molecule has 2 N–H and O–H groups in total. The summed E-state index contributed by atoms with van der Waals surface area (Å²) in [6.45, 7) is 9.68. The van der Waals surface area contributed by atoms with Crippen molar-refractivity contribution in [1.82, 2.24) is 15.8 Å². The van der Waals surface area contributed by atoms with Gasteiger partial charge >= 0.3 is 0 Å². The number of hydrazine groups is 1. The molecule has 0 atom stereocenters. The van der Waals surface area contributed by atoms with Gasteiger partial charge in [-0.05, 0) is 51.5 Å². The number of rotatable bonds is 6. The van der Waals surface area contributed by atoms with E-state index in [1.165, 1.54) is 6.08 Å². The molecule has 2 rings (SSSR count). The minimum absolute atomic E-state index is 0.0839. The molecule has 0 aromatic heterocycles. The first-order chi connectivity index (χ1) is 12.3. The summed E-state index contributed by atoms with van der Waals surface area (Å²) >= 11 is 0. The van der Waals surface area contributed by atoms with Crippen molar-refractivity contribution in [1.29, 1.82) is 0 Å². The Morgan fingerprint density at radius 2 is 1.54 bits per heavy atom. The van der Waals surface area contributed by atoms with E-state index >= 15 is 0 Å². The number of carbonyl (C=O) groups is 2. The Kier molecular flexibility index (Phi) is 6.39. The van der Waals surface area contributed by atoms with E-state index in [4.69, 9.17) is 0 Å². The summed E-state index contributed by atoms with van der Waals surface area (Å²) in [7, 11) is 0. The molecule has 0 heterocycles. The third-order valence-electron chi connectivity index (χ3n) is 4.11. The van der Waals surface area contributed by atoms with E-state index in [2.05, 4.69) is 10.9 Å². The normalized spacial score (nSPS) is 11.7. The van der Waals surface area contributed by atoms with Gasteiger partial charge in [-0.3, -0.25) is 15.0 Å². The van der Waals surface area contributed by atoms with E-state index < -0.39 is 0 Å². The molecule has 0 spiro atoms. The summed E-state index contributed by atoms with van der Waals surface area (Å²) in [4.78, 5) is 26.7. The predicted molar refractivity (Wildman–Crippen MR) is 105 cm³/mol. The molecular formula is C21H27N3O2. The minimum Gasteiger partial charge on any atom is -0.334 e. The van der Waals surface area contributed by atoms with Crippen LogP contribution < -0.4 is 10.9 Å². The van der Waals surface area contributed by atoms with Crippen LogP contribution in [-0.4, -0.2) is 28.8 Å². The summed E-state index contributed by atoms with van der Waals surface area (Å²) in [5, 5.41) is 1.89. The average molecular weight is 353 g/mol. The Bertz CT molecular complexity index is 812. The number of allylic oxidation sites excluding steroid dienone is 1. The lowest BCUT2D eigenvalue weighted by molar-refractivity contribution is -0.129. The lowest BCUT2D eigenvalue weighted by Crippen LogP contribution is -2.42. The molecule has 26 heavy (non-hydrogen) atoms. The van der Waals surface area contributed by atoms with Crippen molar-refractivity contribution in [2.45, 2.75) is 46.7 Å². The fourth-order valence-corrected chi connectivity index (χ4v) is 3.05. The Morgan fingerprint density at radius 3 is 2.19 bits per heavy atom. The van der Waals surface area contributed by atoms with Gasteiger partial charge in [-0.25, -0.2) is 0 Å². The quantitative estimate of drug-likeness (QED) is 0.616. The Balaban J connectivity index is 2.07. The summed E-state index contributed by atoms with van der Waals surface area (Å²) in [5.41, 5.74) is 6.65. The van der Waals surface area contributed by atoms with Gasteiger partial charge in [0, 0.05) is 29.4 Å². The van der Waals surface area contributed by atoms with Gasteiger partial charge in [0.05, 0.1) is 0 Å². The number of amides is 2. The third kappa shape index (κ3) is 4.63. The highest BCUT2D eigenvalue weighted by atomic mass is 16.2. The minimum atomic E-state index is -0.244. The first-order valence-corrected chi connectivity index (χ1v) is 8.86. The lowest BCUT2D eigenvalue weighted by Gasteiger charge is -2.29. The van der Waals surface area contributed by atoms with E-state index in [1.807, 2.05) is 64.1 Å². The zero-order valence-electron chi connectivity index (χ0n) is 16.0. The maximum atomic E-state index is 12.5. The predicted octanol–water partition coefficient (Wildman–Crippen LogP) is 3.62. The van der Waals surface area contributed by atoms with Crippen LogP contribution in [0.15, 0.2) is 54.2 Å². The molecule has 0 bridgehead atoms. The number of hydrogen-bond acceptors (Lipinski definition) is 3. The molecule has 138 valence electrons. The number of nitrogens with one attached hydrogen (secondary N) is 2. The zero-order chi connectivity index (χ0) is 19.3. The van der Waals surface area contributed by atoms with Crippen molar-refractivity contribution in [2.24, 2.45) is 0 Å². The maximum Gasteiger partial charge on any atom is 0.270 e. The van der Waals surface area contributed by atoms with Crippen LogP contribution in [0.25, 0.3) is 10.8 Å². The molecule has 2 aromatic rings. The average Bonchev–Trinajstić information content (AvgIpc) is 2.58. The van der Waals surface area contributed by atoms with Crippen molar-refractivity contribution >= 4 is 22.6 Å². The van der Waals surface area contributed by atoms with Crippen LogP contribution >= 0.6 is 0 Å².